The van der Waals surface area contributed by atoms with Gasteiger partial charge < -0.3 is 11.1 Å². The molecule has 1 aromatic carbocycles. The van der Waals surface area contributed by atoms with E-state index in [0.29, 0.717) is 24.8 Å². The van der Waals surface area contributed by atoms with E-state index in [9.17, 15) is 4.79 Å². The monoisotopic (exact) mass is 288 g/mol. The molecule has 0 bridgehead atoms. The van der Waals surface area contributed by atoms with Gasteiger partial charge in [-0.1, -0.05) is 38.1 Å². The largest absolute Gasteiger partial charge is 0.349 e. The van der Waals surface area contributed by atoms with E-state index in [1.54, 1.807) is 0 Å². The first-order chi connectivity index (χ1) is 9.93. The maximum atomic E-state index is 12.2. The highest BCUT2D eigenvalue weighted by atomic mass is 16.1. The standard InChI is InChI=1S/C18H28N2O/c1-13(2)10-14-4-6-15(7-5-14)11-17(21)20-18(3,12-19)16-8-9-16/h4-7,13,16H,8-12,19H2,1-3H3,(H,20,21). The molecule has 1 fully saturated rings. The number of benzene rings is 1. The van der Waals surface area contributed by atoms with Gasteiger partial charge in [0.2, 0.25) is 5.91 Å². The molecular formula is C18H28N2O. The molecule has 2 rings (SSSR count). The van der Waals surface area contributed by atoms with Crippen molar-refractivity contribution in [3.63, 3.8) is 0 Å². The number of nitrogens with two attached hydrogens (primary N) is 1. The van der Waals surface area contributed by atoms with Crippen LogP contribution in [0.3, 0.4) is 0 Å². The molecule has 0 saturated heterocycles. The summed E-state index contributed by atoms with van der Waals surface area (Å²) in [5.41, 5.74) is 8.01. The Bertz CT molecular complexity index is 476. The number of amides is 1. The summed E-state index contributed by atoms with van der Waals surface area (Å²) in [5.74, 6) is 1.29. The molecule has 1 unspecified atom stereocenters. The van der Waals surface area contributed by atoms with Crippen molar-refractivity contribution in [1.29, 1.82) is 0 Å². The van der Waals surface area contributed by atoms with Crippen molar-refractivity contribution in [3.05, 3.63) is 35.4 Å². The summed E-state index contributed by atoms with van der Waals surface area (Å²) in [7, 11) is 0. The fourth-order valence-electron chi connectivity index (χ4n) is 2.85. The summed E-state index contributed by atoms with van der Waals surface area (Å²) >= 11 is 0. The normalized spacial score (nSPS) is 17.6. The van der Waals surface area contributed by atoms with Crippen molar-refractivity contribution in [2.45, 2.75) is 52.0 Å². The van der Waals surface area contributed by atoms with E-state index in [-0.39, 0.29) is 11.4 Å². The summed E-state index contributed by atoms with van der Waals surface area (Å²) < 4.78 is 0. The lowest BCUT2D eigenvalue weighted by Crippen LogP contribution is -2.53. The second kappa shape index (κ2) is 6.61. The van der Waals surface area contributed by atoms with E-state index in [0.717, 1.165) is 12.0 Å². The van der Waals surface area contributed by atoms with E-state index in [1.807, 2.05) is 0 Å². The highest BCUT2D eigenvalue weighted by Crippen LogP contribution is 2.38. The molecular weight excluding hydrogens is 260 g/mol. The third-order valence-electron chi connectivity index (χ3n) is 4.36. The molecule has 0 heterocycles. The molecule has 0 aromatic heterocycles. The number of carbonyl (C=O) groups is 1. The summed E-state index contributed by atoms with van der Waals surface area (Å²) in [6.45, 7) is 7.00. The van der Waals surface area contributed by atoms with Crippen LogP contribution in [0.15, 0.2) is 24.3 Å². The maximum absolute atomic E-state index is 12.2. The van der Waals surface area contributed by atoms with Gasteiger partial charge in [-0.05, 0) is 49.1 Å². The summed E-state index contributed by atoms with van der Waals surface area (Å²) in [4.78, 5) is 12.2. The molecule has 1 saturated carbocycles. The molecule has 3 N–H and O–H groups in total. The van der Waals surface area contributed by atoms with Gasteiger partial charge in [0, 0.05) is 6.54 Å². The average molecular weight is 288 g/mol. The Morgan fingerprint density at radius 3 is 2.33 bits per heavy atom. The second-order valence-corrected chi connectivity index (χ2v) is 7.04. The van der Waals surface area contributed by atoms with Crippen LogP contribution in [-0.2, 0) is 17.6 Å². The second-order valence-electron chi connectivity index (χ2n) is 7.04. The first kappa shape index (κ1) is 16.0. The number of rotatable bonds is 7. The van der Waals surface area contributed by atoms with Gasteiger partial charge in [-0.3, -0.25) is 4.79 Å². The number of hydrogen-bond donors (Lipinski definition) is 2. The van der Waals surface area contributed by atoms with Crippen LogP contribution in [0.25, 0.3) is 0 Å². The predicted molar refractivity (Wildman–Crippen MR) is 87.0 cm³/mol. The van der Waals surface area contributed by atoms with Crippen LogP contribution in [0.5, 0.6) is 0 Å². The highest BCUT2D eigenvalue weighted by molar-refractivity contribution is 5.79. The Hall–Kier alpha value is -1.35. The summed E-state index contributed by atoms with van der Waals surface area (Å²) in [6.07, 6.45) is 3.87. The van der Waals surface area contributed by atoms with Gasteiger partial charge in [-0.2, -0.15) is 0 Å². The van der Waals surface area contributed by atoms with Gasteiger partial charge in [-0.25, -0.2) is 0 Å². The van der Waals surface area contributed by atoms with Crippen LogP contribution in [0.4, 0.5) is 0 Å². The molecule has 3 nitrogen and oxygen atoms in total. The molecule has 0 spiro atoms. The van der Waals surface area contributed by atoms with E-state index < -0.39 is 0 Å². The SMILES string of the molecule is CC(C)Cc1ccc(CC(=O)NC(C)(CN)C2CC2)cc1. The molecule has 1 atom stereocenters. The van der Waals surface area contributed by atoms with Gasteiger partial charge in [0.25, 0.3) is 0 Å². The fourth-order valence-corrected chi connectivity index (χ4v) is 2.85. The zero-order valence-electron chi connectivity index (χ0n) is 13.5. The lowest BCUT2D eigenvalue weighted by atomic mass is 9.95. The Kier molecular flexibility index (Phi) is 5.04. The first-order valence-electron chi connectivity index (χ1n) is 8.02. The maximum Gasteiger partial charge on any atom is 0.224 e. The Balaban J connectivity index is 1.90. The van der Waals surface area contributed by atoms with Gasteiger partial charge in [0.15, 0.2) is 0 Å². The van der Waals surface area contributed by atoms with Crippen molar-refractivity contribution in [2.24, 2.45) is 17.6 Å². The van der Waals surface area contributed by atoms with E-state index >= 15 is 0 Å². The first-order valence-corrected chi connectivity index (χ1v) is 8.02. The Morgan fingerprint density at radius 2 is 1.86 bits per heavy atom. The summed E-state index contributed by atoms with van der Waals surface area (Å²) in [5, 5.41) is 3.14. The molecule has 1 amide bonds. The van der Waals surface area contributed by atoms with Crippen LogP contribution in [0.1, 0.15) is 44.7 Å². The van der Waals surface area contributed by atoms with Gasteiger partial charge in [0.1, 0.15) is 0 Å². The zero-order chi connectivity index (χ0) is 15.5. The number of hydrogen-bond acceptors (Lipinski definition) is 2. The van der Waals surface area contributed by atoms with E-state index in [1.165, 1.54) is 18.4 Å². The van der Waals surface area contributed by atoms with Crippen LogP contribution < -0.4 is 11.1 Å². The van der Waals surface area contributed by atoms with E-state index in [4.69, 9.17) is 5.73 Å². The third kappa shape index (κ3) is 4.57. The molecule has 3 heteroatoms. The number of nitrogens with one attached hydrogen (secondary N) is 1. The minimum atomic E-state index is -0.228. The molecule has 116 valence electrons. The van der Waals surface area contributed by atoms with Crippen LogP contribution in [0.2, 0.25) is 0 Å². The topological polar surface area (TPSA) is 55.1 Å². The van der Waals surface area contributed by atoms with Crippen LogP contribution >= 0.6 is 0 Å². The smallest absolute Gasteiger partial charge is 0.224 e. The molecule has 1 aliphatic carbocycles. The molecule has 1 aliphatic rings. The Morgan fingerprint density at radius 1 is 1.29 bits per heavy atom. The lowest BCUT2D eigenvalue weighted by molar-refractivity contribution is -0.122. The van der Waals surface area contributed by atoms with Crippen molar-refractivity contribution >= 4 is 5.91 Å². The summed E-state index contributed by atoms with van der Waals surface area (Å²) in [6, 6.07) is 8.39. The molecule has 1 aromatic rings. The average Bonchev–Trinajstić information content (AvgIpc) is 3.25. The van der Waals surface area contributed by atoms with Gasteiger partial charge >= 0.3 is 0 Å². The van der Waals surface area contributed by atoms with Crippen LogP contribution in [-0.4, -0.2) is 18.0 Å². The lowest BCUT2D eigenvalue weighted by Gasteiger charge is -2.29. The van der Waals surface area contributed by atoms with Crippen LogP contribution in [0, 0.1) is 11.8 Å². The van der Waals surface area contributed by atoms with Crippen molar-refractivity contribution in [2.75, 3.05) is 6.54 Å². The molecule has 0 radical (unpaired) electrons. The molecule has 21 heavy (non-hydrogen) atoms. The van der Waals surface area contributed by atoms with Crippen molar-refractivity contribution < 1.29 is 4.79 Å². The minimum Gasteiger partial charge on any atom is -0.349 e. The zero-order valence-corrected chi connectivity index (χ0v) is 13.5. The van der Waals surface area contributed by atoms with Gasteiger partial charge in [0.05, 0.1) is 12.0 Å². The third-order valence-corrected chi connectivity index (χ3v) is 4.36. The predicted octanol–water partition coefficient (Wildman–Crippen LogP) is 2.67. The molecule has 0 aliphatic heterocycles. The van der Waals surface area contributed by atoms with Gasteiger partial charge in [-0.15, -0.1) is 0 Å². The Labute approximate surface area is 128 Å². The highest BCUT2D eigenvalue weighted by Gasteiger charge is 2.41. The fraction of sp³-hybridized carbons (Fsp3) is 0.611. The van der Waals surface area contributed by atoms with Crippen molar-refractivity contribution in [3.8, 4) is 0 Å². The van der Waals surface area contributed by atoms with E-state index in [2.05, 4.69) is 50.4 Å². The van der Waals surface area contributed by atoms with Crippen molar-refractivity contribution in [1.82, 2.24) is 5.32 Å². The number of carbonyl (C=O) groups excluding carboxylic acids is 1. The minimum absolute atomic E-state index is 0.0754. The quantitative estimate of drug-likeness (QED) is 0.810.